The van der Waals surface area contributed by atoms with Crippen LogP contribution in [0.5, 0.6) is 0 Å². The molecule has 2 aromatic rings. The van der Waals surface area contributed by atoms with Gasteiger partial charge in [0.05, 0.1) is 6.54 Å². The molecule has 5 heteroatoms. The summed E-state index contributed by atoms with van der Waals surface area (Å²) in [5.41, 5.74) is 0.407. The lowest BCUT2D eigenvalue weighted by molar-refractivity contribution is 0.0945. The van der Waals surface area contributed by atoms with Crippen LogP contribution < -0.4 is 5.32 Å². The Balaban J connectivity index is 1.94. The van der Waals surface area contributed by atoms with Crippen LogP contribution in [0.3, 0.4) is 0 Å². The van der Waals surface area contributed by atoms with E-state index in [0.717, 1.165) is 5.82 Å². The molecule has 0 bridgehead atoms. The summed E-state index contributed by atoms with van der Waals surface area (Å²) in [4.78, 5) is 22.3. The lowest BCUT2D eigenvalue weighted by Crippen LogP contribution is -2.24. The van der Waals surface area contributed by atoms with Gasteiger partial charge in [0.25, 0.3) is 5.91 Å². The minimum atomic E-state index is -0.202. The number of nitrogens with one attached hydrogen (secondary N) is 2. The zero-order valence-corrected chi connectivity index (χ0v) is 7.97. The summed E-state index contributed by atoms with van der Waals surface area (Å²) in [5.74, 6) is 0.520. The summed E-state index contributed by atoms with van der Waals surface area (Å²) >= 11 is 0. The van der Waals surface area contributed by atoms with Crippen molar-refractivity contribution in [2.45, 2.75) is 6.54 Å². The van der Waals surface area contributed by atoms with E-state index in [1.807, 2.05) is 0 Å². The van der Waals surface area contributed by atoms with Crippen molar-refractivity contribution < 1.29 is 4.79 Å². The van der Waals surface area contributed by atoms with Crippen LogP contribution in [0.1, 0.15) is 16.3 Å². The predicted octanol–water partition coefficient (Wildman–Crippen LogP) is 0.735. The van der Waals surface area contributed by atoms with Gasteiger partial charge in [-0.25, -0.2) is 4.98 Å². The summed E-state index contributed by atoms with van der Waals surface area (Å²) in [6.07, 6.45) is 4.94. The van der Waals surface area contributed by atoms with E-state index in [1.165, 1.54) is 0 Å². The highest BCUT2D eigenvalue weighted by Gasteiger charge is 2.05. The summed E-state index contributed by atoms with van der Waals surface area (Å²) in [6, 6.07) is 5.20. The van der Waals surface area contributed by atoms with E-state index >= 15 is 0 Å². The highest BCUT2D eigenvalue weighted by molar-refractivity contribution is 5.92. The Bertz CT molecular complexity index is 424. The van der Waals surface area contributed by atoms with Crippen molar-refractivity contribution in [3.05, 3.63) is 48.3 Å². The normalized spacial score (nSPS) is 9.87. The van der Waals surface area contributed by atoms with Crippen LogP contribution in [0.25, 0.3) is 0 Å². The van der Waals surface area contributed by atoms with Crippen LogP contribution in [0.2, 0.25) is 0 Å². The number of aromatic nitrogens is 3. The molecule has 0 saturated heterocycles. The van der Waals surface area contributed by atoms with Gasteiger partial charge in [0.2, 0.25) is 0 Å². The Morgan fingerprint density at radius 2 is 2.27 bits per heavy atom. The van der Waals surface area contributed by atoms with E-state index in [4.69, 9.17) is 0 Å². The summed E-state index contributed by atoms with van der Waals surface area (Å²) in [5, 5.41) is 2.71. The number of H-pyrrole nitrogens is 1. The molecule has 0 aliphatic carbocycles. The van der Waals surface area contributed by atoms with Gasteiger partial charge < -0.3 is 10.3 Å². The van der Waals surface area contributed by atoms with Gasteiger partial charge >= 0.3 is 0 Å². The van der Waals surface area contributed by atoms with E-state index in [9.17, 15) is 4.79 Å². The Morgan fingerprint density at radius 1 is 1.33 bits per heavy atom. The van der Waals surface area contributed by atoms with E-state index in [0.29, 0.717) is 12.2 Å². The number of nitrogens with zero attached hydrogens (tertiary/aromatic N) is 2. The Hall–Kier alpha value is -2.17. The number of rotatable bonds is 3. The molecule has 2 aromatic heterocycles. The molecule has 76 valence electrons. The first kappa shape index (κ1) is 9.39. The van der Waals surface area contributed by atoms with Gasteiger partial charge in [0.1, 0.15) is 11.5 Å². The van der Waals surface area contributed by atoms with Crippen molar-refractivity contribution in [3.63, 3.8) is 0 Å². The Morgan fingerprint density at radius 3 is 2.93 bits per heavy atom. The van der Waals surface area contributed by atoms with Crippen LogP contribution in [-0.2, 0) is 6.54 Å². The second-order valence-corrected chi connectivity index (χ2v) is 2.93. The molecule has 0 aliphatic heterocycles. The summed E-state index contributed by atoms with van der Waals surface area (Å²) in [7, 11) is 0. The maximum atomic E-state index is 11.5. The lowest BCUT2D eigenvalue weighted by Gasteiger charge is -2.01. The van der Waals surface area contributed by atoms with Crippen molar-refractivity contribution in [2.75, 3.05) is 0 Å². The fourth-order valence-electron chi connectivity index (χ4n) is 1.15. The molecule has 2 rings (SSSR count). The molecule has 5 nitrogen and oxygen atoms in total. The first-order valence-electron chi connectivity index (χ1n) is 4.54. The minimum absolute atomic E-state index is 0.202. The highest BCUT2D eigenvalue weighted by Crippen LogP contribution is 1.94. The number of hydrogen-bond acceptors (Lipinski definition) is 3. The monoisotopic (exact) mass is 202 g/mol. The van der Waals surface area contributed by atoms with Crippen LogP contribution in [0.4, 0.5) is 0 Å². The van der Waals surface area contributed by atoms with Gasteiger partial charge in [0, 0.05) is 18.6 Å². The Kier molecular flexibility index (Phi) is 2.73. The number of carbonyl (C=O) groups excluding carboxylic acids is 1. The first-order valence-corrected chi connectivity index (χ1v) is 4.54. The van der Waals surface area contributed by atoms with Gasteiger partial charge in [-0.15, -0.1) is 0 Å². The number of pyridine rings is 1. The first-order chi connectivity index (χ1) is 7.36. The van der Waals surface area contributed by atoms with E-state index < -0.39 is 0 Å². The van der Waals surface area contributed by atoms with E-state index in [-0.39, 0.29) is 5.91 Å². The van der Waals surface area contributed by atoms with Crippen molar-refractivity contribution in [3.8, 4) is 0 Å². The summed E-state index contributed by atoms with van der Waals surface area (Å²) in [6.45, 7) is 0.377. The highest BCUT2D eigenvalue weighted by atomic mass is 16.1. The van der Waals surface area contributed by atoms with Gasteiger partial charge in [-0.05, 0) is 12.1 Å². The van der Waals surface area contributed by atoms with Crippen LogP contribution >= 0.6 is 0 Å². The average molecular weight is 202 g/mol. The second kappa shape index (κ2) is 4.36. The number of imidazole rings is 1. The molecule has 0 fully saturated rings. The predicted molar refractivity (Wildman–Crippen MR) is 54.0 cm³/mol. The molecule has 0 spiro atoms. The maximum Gasteiger partial charge on any atom is 0.270 e. The topological polar surface area (TPSA) is 70.7 Å². The molecule has 0 unspecified atom stereocenters. The third kappa shape index (κ3) is 2.40. The fourth-order valence-corrected chi connectivity index (χ4v) is 1.15. The van der Waals surface area contributed by atoms with E-state index in [2.05, 4.69) is 20.3 Å². The molecule has 0 radical (unpaired) electrons. The molecule has 2 heterocycles. The maximum absolute atomic E-state index is 11.5. The van der Waals surface area contributed by atoms with E-state index in [1.54, 1.807) is 36.8 Å². The van der Waals surface area contributed by atoms with Crippen LogP contribution in [0, 0.1) is 0 Å². The van der Waals surface area contributed by atoms with Gasteiger partial charge in [-0.1, -0.05) is 6.07 Å². The molecule has 15 heavy (non-hydrogen) atoms. The number of hydrogen-bond donors (Lipinski definition) is 2. The molecule has 0 atom stereocenters. The smallest absolute Gasteiger partial charge is 0.270 e. The molecule has 1 amide bonds. The van der Waals surface area contributed by atoms with Crippen molar-refractivity contribution in [2.24, 2.45) is 0 Å². The molecular formula is C10H10N4O. The fraction of sp³-hybridized carbons (Fsp3) is 0.100. The van der Waals surface area contributed by atoms with Gasteiger partial charge in [-0.3, -0.25) is 9.78 Å². The number of amides is 1. The second-order valence-electron chi connectivity index (χ2n) is 2.93. The third-order valence-electron chi connectivity index (χ3n) is 1.87. The molecule has 0 aromatic carbocycles. The Labute approximate surface area is 86.6 Å². The quantitative estimate of drug-likeness (QED) is 0.771. The summed E-state index contributed by atoms with van der Waals surface area (Å²) < 4.78 is 0. The molecule has 0 saturated carbocycles. The number of aromatic amines is 1. The SMILES string of the molecule is O=C(NCc1ncc[nH]1)c1ccccn1. The zero-order valence-electron chi connectivity index (χ0n) is 7.97. The van der Waals surface area contributed by atoms with Gasteiger partial charge in [0.15, 0.2) is 0 Å². The molecule has 2 N–H and O–H groups in total. The molecule has 0 aliphatic rings. The third-order valence-corrected chi connectivity index (χ3v) is 1.87. The number of carbonyl (C=O) groups is 1. The van der Waals surface area contributed by atoms with Crippen molar-refractivity contribution in [1.29, 1.82) is 0 Å². The van der Waals surface area contributed by atoms with Crippen molar-refractivity contribution >= 4 is 5.91 Å². The lowest BCUT2D eigenvalue weighted by atomic mass is 10.3. The van der Waals surface area contributed by atoms with Crippen LogP contribution in [-0.4, -0.2) is 20.9 Å². The average Bonchev–Trinajstić information content (AvgIpc) is 2.80. The van der Waals surface area contributed by atoms with Crippen molar-refractivity contribution in [1.82, 2.24) is 20.3 Å². The largest absolute Gasteiger partial charge is 0.347 e. The van der Waals surface area contributed by atoms with Crippen LogP contribution in [0.15, 0.2) is 36.8 Å². The minimum Gasteiger partial charge on any atom is -0.347 e. The van der Waals surface area contributed by atoms with Gasteiger partial charge in [-0.2, -0.15) is 0 Å². The standard InChI is InChI=1S/C10H10N4O/c15-10(8-3-1-2-4-11-8)14-7-9-12-5-6-13-9/h1-6H,7H2,(H,12,13)(H,14,15). The molecular weight excluding hydrogens is 192 g/mol. The zero-order chi connectivity index (χ0) is 10.5.